The smallest absolute Gasteiger partial charge is 0.0707 e. The summed E-state index contributed by atoms with van der Waals surface area (Å²) in [6.07, 6.45) is 5.97. The maximum Gasteiger partial charge on any atom is 0.0707 e. The average molecular weight is 359 g/mol. The molecule has 1 aromatic rings. The highest BCUT2D eigenvalue weighted by atomic mass is 79.9. The molecule has 2 aliphatic rings. The molecule has 0 amide bonds. The molecule has 1 saturated carbocycles. The molecule has 1 aliphatic heterocycles. The van der Waals surface area contributed by atoms with E-state index in [1.165, 1.54) is 35.0 Å². The van der Waals surface area contributed by atoms with Crippen LogP contribution < -0.4 is 5.32 Å². The van der Waals surface area contributed by atoms with Gasteiger partial charge in [0.05, 0.1) is 16.0 Å². The summed E-state index contributed by atoms with van der Waals surface area (Å²) in [4.78, 5) is 2.37. The number of ether oxygens (including phenoxy) is 1. The van der Waals surface area contributed by atoms with Gasteiger partial charge in [0.15, 0.2) is 0 Å². The van der Waals surface area contributed by atoms with Crippen molar-refractivity contribution in [2.24, 2.45) is 0 Å². The number of nitrogens with zero attached hydrogens (tertiary/aromatic N) is 1. The molecule has 2 heterocycles. The molecular formula is C15H23BrN2OS. The fourth-order valence-electron chi connectivity index (χ4n) is 2.80. The fourth-order valence-corrected chi connectivity index (χ4v) is 4.00. The number of likely N-dealkylation sites (N-methyl/N-ethyl adjacent to an activating group) is 1. The first kappa shape index (κ1) is 15.0. The lowest BCUT2D eigenvalue weighted by Crippen LogP contribution is -2.32. The number of hydrogen-bond acceptors (Lipinski definition) is 4. The normalized spacial score (nSPS) is 26.6. The minimum atomic E-state index is 0.410. The molecule has 1 aliphatic carbocycles. The van der Waals surface area contributed by atoms with Gasteiger partial charge in [-0.25, -0.2) is 0 Å². The van der Waals surface area contributed by atoms with E-state index in [0.717, 1.165) is 25.7 Å². The van der Waals surface area contributed by atoms with Crippen molar-refractivity contribution >= 4 is 27.3 Å². The highest BCUT2D eigenvalue weighted by Gasteiger charge is 2.28. The Kier molecular flexibility index (Phi) is 5.15. The molecule has 2 atom stereocenters. The van der Waals surface area contributed by atoms with Gasteiger partial charge in [0.25, 0.3) is 0 Å². The van der Waals surface area contributed by atoms with Crippen molar-refractivity contribution in [2.75, 3.05) is 20.1 Å². The summed E-state index contributed by atoms with van der Waals surface area (Å²) in [7, 11) is 2.19. The molecule has 3 nitrogen and oxygen atoms in total. The number of hydrogen-bond donors (Lipinski definition) is 1. The largest absolute Gasteiger partial charge is 0.372 e. The van der Waals surface area contributed by atoms with E-state index >= 15 is 0 Å². The molecule has 1 saturated heterocycles. The summed E-state index contributed by atoms with van der Waals surface area (Å²) in [5.74, 6) is 0. The van der Waals surface area contributed by atoms with Gasteiger partial charge in [-0.2, -0.15) is 0 Å². The monoisotopic (exact) mass is 358 g/mol. The Bertz CT molecular complexity index is 435. The zero-order valence-electron chi connectivity index (χ0n) is 12.0. The van der Waals surface area contributed by atoms with Crippen molar-refractivity contribution in [3.63, 3.8) is 0 Å². The van der Waals surface area contributed by atoms with Crippen molar-refractivity contribution in [1.82, 2.24) is 10.2 Å². The van der Waals surface area contributed by atoms with Crippen LogP contribution in [0, 0.1) is 0 Å². The maximum absolute atomic E-state index is 6.14. The quantitative estimate of drug-likeness (QED) is 0.809. The van der Waals surface area contributed by atoms with Gasteiger partial charge in [-0.05, 0) is 65.7 Å². The van der Waals surface area contributed by atoms with Crippen LogP contribution in [-0.2, 0) is 11.3 Å². The molecule has 0 aromatic carbocycles. The summed E-state index contributed by atoms with van der Waals surface area (Å²) in [5, 5.41) is 5.79. The minimum absolute atomic E-state index is 0.410. The third kappa shape index (κ3) is 4.53. The van der Waals surface area contributed by atoms with E-state index < -0.39 is 0 Å². The summed E-state index contributed by atoms with van der Waals surface area (Å²) in [5.41, 5.74) is 1.38. The van der Waals surface area contributed by atoms with Gasteiger partial charge < -0.3 is 10.1 Å². The molecule has 0 spiro atoms. The topological polar surface area (TPSA) is 24.5 Å². The first-order valence-electron chi connectivity index (χ1n) is 7.49. The van der Waals surface area contributed by atoms with E-state index in [9.17, 15) is 0 Å². The highest BCUT2D eigenvalue weighted by Crippen LogP contribution is 2.24. The summed E-state index contributed by atoms with van der Waals surface area (Å²) in [6.45, 7) is 3.09. The molecule has 2 fully saturated rings. The SMILES string of the molecule is CN(Cc1csc(Br)c1)CC1CCC(CNC2CC2)O1. The first-order chi connectivity index (χ1) is 9.69. The van der Waals surface area contributed by atoms with Gasteiger partial charge in [-0.3, -0.25) is 4.90 Å². The number of nitrogens with one attached hydrogen (secondary N) is 1. The van der Waals surface area contributed by atoms with Crippen molar-refractivity contribution in [3.8, 4) is 0 Å². The molecule has 1 N–H and O–H groups in total. The van der Waals surface area contributed by atoms with Crippen LogP contribution >= 0.6 is 27.3 Å². The Morgan fingerprint density at radius 1 is 1.35 bits per heavy atom. The standard InChI is InChI=1S/C15H23BrN2OS/c1-18(8-11-6-15(16)20-10-11)9-14-5-4-13(19-14)7-17-12-2-3-12/h6,10,12-14,17H,2-5,7-9H2,1H3. The Hall–Kier alpha value is 0.0600. The van der Waals surface area contributed by atoms with Crippen LogP contribution in [0.3, 0.4) is 0 Å². The molecule has 5 heteroatoms. The Morgan fingerprint density at radius 3 is 2.85 bits per heavy atom. The third-order valence-corrected chi connectivity index (χ3v) is 5.55. The van der Waals surface area contributed by atoms with E-state index in [4.69, 9.17) is 4.74 Å². The van der Waals surface area contributed by atoms with Crippen LogP contribution in [0.25, 0.3) is 0 Å². The minimum Gasteiger partial charge on any atom is -0.372 e. The zero-order chi connectivity index (χ0) is 13.9. The van der Waals surface area contributed by atoms with Gasteiger partial charge >= 0.3 is 0 Å². The lowest BCUT2D eigenvalue weighted by molar-refractivity contribution is 0.0266. The second kappa shape index (κ2) is 6.88. The Balaban J connectivity index is 1.37. The van der Waals surface area contributed by atoms with E-state index in [-0.39, 0.29) is 0 Å². The van der Waals surface area contributed by atoms with E-state index in [1.807, 2.05) is 0 Å². The predicted octanol–water partition coefficient (Wildman–Crippen LogP) is 3.24. The Morgan fingerprint density at radius 2 is 2.15 bits per heavy atom. The van der Waals surface area contributed by atoms with Crippen molar-refractivity contribution < 1.29 is 4.74 Å². The van der Waals surface area contributed by atoms with Gasteiger partial charge in [0.2, 0.25) is 0 Å². The van der Waals surface area contributed by atoms with E-state index in [2.05, 4.69) is 44.6 Å². The lowest BCUT2D eigenvalue weighted by Gasteiger charge is -2.21. The van der Waals surface area contributed by atoms with E-state index in [0.29, 0.717) is 12.2 Å². The van der Waals surface area contributed by atoms with Gasteiger partial charge in [0, 0.05) is 25.7 Å². The number of thiophene rings is 1. The zero-order valence-corrected chi connectivity index (χ0v) is 14.4. The van der Waals surface area contributed by atoms with Crippen LogP contribution in [0.5, 0.6) is 0 Å². The maximum atomic E-state index is 6.14. The highest BCUT2D eigenvalue weighted by molar-refractivity contribution is 9.11. The summed E-state index contributed by atoms with van der Waals surface area (Å²) < 4.78 is 7.35. The molecule has 20 heavy (non-hydrogen) atoms. The summed E-state index contributed by atoms with van der Waals surface area (Å²) >= 11 is 5.28. The molecule has 2 unspecified atom stereocenters. The van der Waals surface area contributed by atoms with Gasteiger partial charge in [-0.15, -0.1) is 11.3 Å². The Labute approximate surface area is 133 Å². The van der Waals surface area contributed by atoms with Crippen LogP contribution in [-0.4, -0.2) is 43.3 Å². The van der Waals surface area contributed by atoms with Crippen LogP contribution in [0.1, 0.15) is 31.2 Å². The molecular weight excluding hydrogens is 336 g/mol. The predicted molar refractivity (Wildman–Crippen MR) is 87.3 cm³/mol. The van der Waals surface area contributed by atoms with Crippen LogP contribution in [0.15, 0.2) is 15.2 Å². The van der Waals surface area contributed by atoms with Crippen molar-refractivity contribution in [2.45, 2.75) is 50.5 Å². The van der Waals surface area contributed by atoms with Gasteiger partial charge in [0.1, 0.15) is 0 Å². The molecule has 112 valence electrons. The molecule has 0 radical (unpaired) electrons. The van der Waals surface area contributed by atoms with Crippen molar-refractivity contribution in [1.29, 1.82) is 0 Å². The second-order valence-corrected chi connectivity index (χ2v) is 8.39. The van der Waals surface area contributed by atoms with Crippen molar-refractivity contribution in [3.05, 3.63) is 20.8 Å². The number of rotatable bonds is 7. The van der Waals surface area contributed by atoms with Gasteiger partial charge in [-0.1, -0.05) is 0 Å². The third-order valence-electron chi connectivity index (χ3n) is 4.00. The number of halogens is 1. The fraction of sp³-hybridized carbons (Fsp3) is 0.733. The molecule has 3 rings (SSSR count). The van der Waals surface area contributed by atoms with Crippen LogP contribution in [0.2, 0.25) is 0 Å². The van der Waals surface area contributed by atoms with Crippen LogP contribution in [0.4, 0.5) is 0 Å². The molecule has 1 aromatic heterocycles. The average Bonchev–Trinajstić information content (AvgIpc) is 3.00. The van der Waals surface area contributed by atoms with E-state index in [1.54, 1.807) is 11.3 Å². The second-order valence-electron chi connectivity index (χ2n) is 6.10. The lowest BCUT2D eigenvalue weighted by atomic mass is 10.2. The molecule has 0 bridgehead atoms. The summed E-state index contributed by atoms with van der Waals surface area (Å²) in [6, 6.07) is 3.00. The first-order valence-corrected chi connectivity index (χ1v) is 9.16.